The maximum Gasteiger partial charge on any atom is 0.310 e. The Hall–Kier alpha value is -4.71. The van der Waals surface area contributed by atoms with Crippen LogP contribution in [0.4, 0.5) is 0 Å². The Bertz CT molecular complexity index is 1560. The fourth-order valence-electron chi connectivity index (χ4n) is 6.87. The number of ether oxygens (including phenoxy) is 3. The number of carbonyl (C=O) groups excluding carboxylic acids is 3. The first-order valence-corrected chi connectivity index (χ1v) is 27.3. The summed E-state index contributed by atoms with van der Waals surface area (Å²) in [7, 11) is 0. The largest absolute Gasteiger partial charge is 0.462 e. The molecule has 1 atom stereocenters. The summed E-state index contributed by atoms with van der Waals surface area (Å²) < 4.78 is 16.7. The highest BCUT2D eigenvalue weighted by atomic mass is 16.6. The second kappa shape index (κ2) is 55.9. The summed E-state index contributed by atoms with van der Waals surface area (Å²) in [5, 5.41) is 0. The predicted octanol–water partition coefficient (Wildman–Crippen LogP) is 18.4. The smallest absolute Gasteiger partial charge is 0.310 e. The van der Waals surface area contributed by atoms with Gasteiger partial charge in [-0.3, -0.25) is 14.4 Å². The molecule has 0 radical (unpaired) electrons. The predicted molar refractivity (Wildman–Crippen MR) is 297 cm³/mol. The minimum atomic E-state index is -0.850. The molecule has 0 amide bonds. The Morgan fingerprint density at radius 3 is 0.884 bits per heavy atom. The average Bonchev–Trinajstić information content (AvgIpc) is 3.35. The topological polar surface area (TPSA) is 78.9 Å². The molecule has 0 heterocycles. The zero-order valence-electron chi connectivity index (χ0n) is 44.0. The number of carbonyl (C=O) groups is 3. The van der Waals surface area contributed by atoms with E-state index < -0.39 is 12.1 Å². The maximum atomic E-state index is 12.8. The molecule has 386 valence electrons. The lowest BCUT2D eigenvalue weighted by atomic mass is 10.1. The van der Waals surface area contributed by atoms with Crippen LogP contribution in [-0.4, -0.2) is 37.2 Å². The second-order valence-corrected chi connectivity index (χ2v) is 17.4. The van der Waals surface area contributed by atoms with Gasteiger partial charge in [0, 0.05) is 12.8 Å². The zero-order chi connectivity index (χ0) is 50.0. The number of esters is 3. The Labute approximate surface area is 423 Å². The van der Waals surface area contributed by atoms with Crippen molar-refractivity contribution in [3.8, 4) is 0 Å². The van der Waals surface area contributed by atoms with Crippen LogP contribution in [0.3, 0.4) is 0 Å². The molecule has 0 aromatic heterocycles. The van der Waals surface area contributed by atoms with Gasteiger partial charge in [0.15, 0.2) is 6.10 Å². The zero-order valence-corrected chi connectivity index (χ0v) is 44.0. The van der Waals surface area contributed by atoms with E-state index in [-0.39, 0.29) is 31.6 Å². The van der Waals surface area contributed by atoms with E-state index in [4.69, 9.17) is 14.2 Å². The van der Waals surface area contributed by atoms with Gasteiger partial charge in [0.25, 0.3) is 0 Å². The van der Waals surface area contributed by atoms with Gasteiger partial charge in [-0.15, -0.1) is 0 Å². The molecule has 69 heavy (non-hydrogen) atoms. The van der Waals surface area contributed by atoms with Gasteiger partial charge in [0.2, 0.25) is 0 Å². The molecule has 0 aliphatic rings. The molecule has 0 bridgehead atoms. The number of hydrogen-bond donors (Lipinski definition) is 0. The summed E-state index contributed by atoms with van der Waals surface area (Å²) in [5.41, 5.74) is 0. The van der Waals surface area contributed by atoms with Crippen molar-refractivity contribution < 1.29 is 28.6 Å². The van der Waals surface area contributed by atoms with Crippen molar-refractivity contribution in [2.24, 2.45) is 0 Å². The Morgan fingerprint density at radius 2 is 0.565 bits per heavy atom. The van der Waals surface area contributed by atoms with Gasteiger partial charge in [0.05, 0.1) is 6.42 Å². The van der Waals surface area contributed by atoms with E-state index in [9.17, 15) is 14.4 Å². The van der Waals surface area contributed by atoms with Crippen molar-refractivity contribution in [2.75, 3.05) is 13.2 Å². The highest BCUT2D eigenvalue weighted by molar-refractivity contribution is 5.72. The molecular weight excluding hydrogens is 853 g/mol. The quantitative estimate of drug-likeness (QED) is 0.0262. The molecule has 0 saturated carbocycles. The van der Waals surface area contributed by atoms with Crippen LogP contribution in [0.2, 0.25) is 0 Å². The van der Waals surface area contributed by atoms with E-state index in [0.717, 1.165) is 135 Å². The molecule has 0 spiro atoms. The van der Waals surface area contributed by atoms with E-state index in [1.807, 2.05) is 6.08 Å². The third kappa shape index (κ3) is 54.1. The maximum absolute atomic E-state index is 12.8. The highest BCUT2D eigenvalue weighted by Gasteiger charge is 2.19. The van der Waals surface area contributed by atoms with Crippen molar-refractivity contribution in [3.05, 3.63) is 146 Å². The molecule has 0 aromatic rings. The number of rotatable bonds is 47. The highest BCUT2D eigenvalue weighted by Crippen LogP contribution is 2.13. The first-order chi connectivity index (χ1) is 34.0. The lowest BCUT2D eigenvalue weighted by molar-refractivity contribution is -0.166. The van der Waals surface area contributed by atoms with Gasteiger partial charge >= 0.3 is 17.9 Å². The van der Waals surface area contributed by atoms with Crippen LogP contribution in [-0.2, 0) is 28.6 Å². The monoisotopic (exact) mass is 951 g/mol. The fraction of sp³-hybridized carbons (Fsp3) is 0.571. The van der Waals surface area contributed by atoms with Crippen molar-refractivity contribution in [1.29, 1.82) is 0 Å². The minimum Gasteiger partial charge on any atom is -0.462 e. The van der Waals surface area contributed by atoms with Gasteiger partial charge in [-0.2, -0.15) is 0 Å². The van der Waals surface area contributed by atoms with Crippen LogP contribution in [0.25, 0.3) is 0 Å². The van der Waals surface area contributed by atoms with Crippen LogP contribution in [0, 0.1) is 0 Å². The van der Waals surface area contributed by atoms with Crippen molar-refractivity contribution >= 4 is 17.9 Å². The molecule has 0 aromatic carbocycles. The molecule has 6 heteroatoms. The van der Waals surface area contributed by atoms with E-state index >= 15 is 0 Å². The molecule has 0 N–H and O–H groups in total. The van der Waals surface area contributed by atoms with E-state index in [2.05, 4.69) is 154 Å². The summed E-state index contributed by atoms with van der Waals surface area (Å²) in [6.07, 6.45) is 80.0. The standard InChI is InChI=1S/C63H98O6/c1-4-7-10-13-16-19-22-25-28-29-30-31-32-33-36-38-41-44-47-50-53-56-62(65)68-59-60(69-63(66)57-54-51-48-45-42-39-35-27-24-21-18-15-12-9-6-3)58-67-61(64)55-52-49-46-43-40-37-34-26-23-20-17-14-11-8-5-2/h7-12,16-21,25-28,30-31,34-35,42,45,51,54,60H,4-6,13-15,22-24,29,32-33,36-41,43-44,46-50,52-53,55-59H2,1-3H3/b10-7-,11-8-,12-9-,19-16-,20-17-,21-18-,28-25-,31-30-,34-26-,35-27-,45-42-,54-51-. The van der Waals surface area contributed by atoms with Gasteiger partial charge < -0.3 is 14.2 Å². The third-order valence-electron chi connectivity index (χ3n) is 10.9. The first-order valence-electron chi connectivity index (χ1n) is 27.3. The minimum absolute atomic E-state index is 0.0843. The number of allylic oxidation sites excluding steroid dienone is 23. The third-order valence-corrected chi connectivity index (χ3v) is 10.9. The van der Waals surface area contributed by atoms with Crippen LogP contribution in [0.15, 0.2) is 146 Å². The van der Waals surface area contributed by atoms with E-state index in [1.54, 1.807) is 6.08 Å². The van der Waals surface area contributed by atoms with Gasteiger partial charge in [-0.05, 0) is 116 Å². The van der Waals surface area contributed by atoms with Crippen molar-refractivity contribution in [3.63, 3.8) is 0 Å². The molecule has 6 nitrogen and oxygen atoms in total. The molecule has 1 unspecified atom stereocenters. The molecular formula is C63H98O6. The van der Waals surface area contributed by atoms with Crippen LogP contribution in [0.1, 0.15) is 213 Å². The van der Waals surface area contributed by atoms with Crippen molar-refractivity contribution in [1.82, 2.24) is 0 Å². The Morgan fingerprint density at radius 1 is 0.304 bits per heavy atom. The second-order valence-electron chi connectivity index (χ2n) is 17.4. The van der Waals surface area contributed by atoms with Crippen LogP contribution >= 0.6 is 0 Å². The van der Waals surface area contributed by atoms with Crippen LogP contribution in [0.5, 0.6) is 0 Å². The lowest BCUT2D eigenvalue weighted by Crippen LogP contribution is -2.30. The van der Waals surface area contributed by atoms with Crippen LogP contribution < -0.4 is 0 Å². The van der Waals surface area contributed by atoms with Gasteiger partial charge in [-0.25, -0.2) is 0 Å². The molecule has 0 aliphatic heterocycles. The van der Waals surface area contributed by atoms with Crippen molar-refractivity contribution in [2.45, 2.75) is 219 Å². The molecule has 0 fully saturated rings. The normalized spacial score (nSPS) is 13.3. The Kier molecular flexibility index (Phi) is 52.1. The molecule has 0 rings (SSSR count). The summed E-state index contributed by atoms with van der Waals surface area (Å²) in [5.74, 6) is -1.10. The van der Waals surface area contributed by atoms with Gasteiger partial charge in [0.1, 0.15) is 13.2 Å². The number of hydrogen-bond acceptors (Lipinski definition) is 6. The summed E-state index contributed by atoms with van der Waals surface area (Å²) in [4.78, 5) is 38.0. The average molecular weight is 951 g/mol. The van der Waals surface area contributed by atoms with Gasteiger partial charge in [-0.1, -0.05) is 224 Å². The first kappa shape index (κ1) is 64.3. The summed E-state index contributed by atoms with van der Waals surface area (Å²) in [6.45, 7) is 6.18. The molecule has 0 aliphatic carbocycles. The fourth-order valence-corrected chi connectivity index (χ4v) is 6.87. The Balaban J connectivity index is 4.53. The van der Waals surface area contributed by atoms with E-state index in [0.29, 0.717) is 19.3 Å². The number of unbranched alkanes of at least 4 members (excludes halogenated alkanes) is 13. The summed E-state index contributed by atoms with van der Waals surface area (Å²) in [6, 6.07) is 0. The lowest BCUT2D eigenvalue weighted by Gasteiger charge is -2.18. The van der Waals surface area contributed by atoms with E-state index in [1.165, 1.54) is 32.1 Å². The SMILES string of the molecule is CC/C=C\C/C=C\C/C=C\C/C=C\C/C=C\CC(=O)OC(COC(=O)CCCCCCC/C=C\C/C=C\C/C=C\CC)COC(=O)CCCCCCCCCC/C=C\C/C=C\C/C=C\C/C=C\CC. The summed E-state index contributed by atoms with van der Waals surface area (Å²) >= 11 is 0. The molecule has 0 saturated heterocycles.